The maximum absolute atomic E-state index is 11.1. The van der Waals surface area contributed by atoms with Crippen LogP contribution in [-0.2, 0) is 6.54 Å². The Bertz CT molecular complexity index is 441. The Hall–Kier alpha value is -1.39. The van der Waals surface area contributed by atoms with E-state index in [4.69, 9.17) is 5.73 Å². The molecule has 3 N–H and O–H groups in total. The molecular weight excluding hydrogens is 250 g/mol. The molecule has 1 aliphatic heterocycles. The van der Waals surface area contributed by atoms with Gasteiger partial charge in [-0.25, -0.2) is 0 Å². The van der Waals surface area contributed by atoms with Crippen molar-refractivity contribution in [1.82, 2.24) is 10.2 Å². The third-order valence-electron chi connectivity index (χ3n) is 3.80. The smallest absolute Gasteiger partial charge is 0.248 e. The van der Waals surface area contributed by atoms with Crippen LogP contribution in [0, 0.1) is 5.92 Å². The molecule has 0 bridgehead atoms. The zero-order chi connectivity index (χ0) is 14.4. The van der Waals surface area contributed by atoms with E-state index in [1.165, 1.54) is 32.5 Å². The number of rotatable bonds is 7. The van der Waals surface area contributed by atoms with E-state index in [1.807, 2.05) is 18.2 Å². The lowest BCUT2D eigenvalue weighted by molar-refractivity contribution is 0.1000. The molecule has 2 rings (SSSR count). The fraction of sp³-hybridized carbons (Fsp3) is 0.562. The molecule has 0 spiro atoms. The highest BCUT2D eigenvalue weighted by molar-refractivity contribution is 5.92. The molecule has 0 aliphatic carbocycles. The molecule has 1 unspecified atom stereocenters. The van der Waals surface area contributed by atoms with Gasteiger partial charge >= 0.3 is 0 Å². The van der Waals surface area contributed by atoms with Crippen LogP contribution in [0.1, 0.15) is 35.7 Å². The molecule has 110 valence electrons. The van der Waals surface area contributed by atoms with Crippen LogP contribution >= 0.6 is 0 Å². The summed E-state index contributed by atoms with van der Waals surface area (Å²) in [5.41, 5.74) is 6.97. The second-order valence-electron chi connectivity index (χ2n) is 5.81. The molecule has 0 aromatic heterocycles. The Morgan fingerprint density at radius 1 is 1.40 bits per heavy atom. The fourth-order valence-electron chi connectivity index (χ4n) is 2.77. The Balaban J connectivity index is 1.72. The van der Waals surface area contributed by atoms with Crippen molar-refractivity contribution in [2.45, 2.75) is 26.3 Å². The van der Waals surface area contributed by atoms with Gasteiger partial charge in [0.2, 0.25) is 5.91 Å². The number of amides is 1. The third-order valence-corrected chi connectivity index (χ3v) is 3.80. The van der Waals surface area contributed by atoms with Crippen LogP contribution in [0.3, 0.4) is 0 Å². The molecule has 20 heavy (non-hydrogen) atoms. The summed E-state index contributed by atoms with van der Waals surface area (Å²) < 4.78 is 0. The molecule has 1 aromatic rings. The number of carbonyl (C=O) groups is 1. The highest BCUT2D eigenvalue weighted by Gasteiger charge is 2.14. The first-order valence-corrected chi connectivity index (χ1v) is 7.47. The average molecular weight is 275 g/mol. The molecule has 1 aromatic carbocycles. The zero-order valence-electron chi connectivity index (χ0n) is 12.3. The van der Waals surface area contributed by atoms with Crippen molar-refractivity contribution in [3.63, 3.8) is 0 Å². The quantitative estimate of drug-likeness (QED) is 0.795. The summed E-state index contributed by atoms with van der Waals surface area (Å²) in [5, 5.41) is 3.46. The SMILES string of the molecule is CC(CNCc1cccc(C(N)=O)c1)CN1CCCC1. The number of hydrogen-bond donors (Lipinski definition) is 2. The summed E-state index contributed by atoms with van der Waals surface area (Å²) >= 11 is 0. The number of nitrogens with one attached hydrogen (secondary N) is 1. The van der Waals surface area contributed by atoms with Crippen molar-refractivity contribution in [2.24, 2.45) is 11.7 Å². The minimum absolute atomic E-state index is 0.366. The van der Waals surface area contributed by atoms with Gasteiger partial charge in [0, 0.05) is 18.7 Å². The molecule has 1 amide bonds. The second-order valence-corrected chi connectivity index (χ2v) is 5.81. The van der Waals surface area contributed by atoms with E-state index in [0.29, 0.717) is 11.5 Å². The lowest BCUT2D eigenvalue weighted by Gasteiger charge is -2.20. The van der Waals surface area contributed by atoms with Crippen LogP contribution in [0.5, 0.6) is 0 Å². The van der Waals surface area contributed by atoms with E-state index in [9.17, 15) is 4.79 Å². The van der Waals surface area contributed by atoms with Crippen molar-refractivity contribution < 1.29 is 4.79 Å². The lowest BCUT2D eigenvalue weighted by atomic mass is 10.1. The molecule has 1 fully saturated rings. The third kappa shape index (κ3) is 4.62. The first kappa shape index (κ1) is 15.0. The number of hydrogen-bond acceptors (Lipinski definition) is 3. The standard InChI is InChI=1S/C16H25N3O/c1-13(12-19-7-2-3-8-19)10-18-11-14-5-4-6-15(9-14)16(17)20/h4-6,9,13,18H,2-3,7-8,10-12H2,1H3,(H2,17,20). The second kappa shape index (κ2) is 7.41. The summed E-state index contributed by atoms with van der Waals surface area (Å²) in [4.78, 5) is 13.7. The van der Waals surface area contributed by atoms with Crippen LogP contribution in [0.25, 0.3) is 0 Å². The molecule has 4 heteroatoms. The minimum Gasteiger partial charge on any atom is -0.366 e. The van der Waals surface area contributed by atoms with Gasteiger partial charge in [-0.1, -0.05) is 19.1 Å². The Labute approximate surface area is 121 Å². The van der Waals surface area contributed by atoms with Crippen molar-refractivity contribution in [1.29, 1.82) is 0 Å². The van der Waals surface area contributed by atoms with E-state index in [1.54, 1.807) is 6.07 Å². The van der Waals surface area contributed by atoms with Gasteiger partial charge in [-0.05, 0) is 56.1 Å². The minimum atomic E-state index is -0.366. The summed E-state index contributed by atoms with van der Waals surface area (Å²) in [6.45, 7) is 7.75. The number of benzene rings is 1. The van der Waals surface area contributed by atoms with Crippen LogP contribution in [0.15, 0.2) is 24.3 Å². The summed E-state index contributed by atoms with van der Waals surface area (Å²) in [7, 11) is 0. The Morgan fingerprint density at radius 3 is 2.85 bits per heavy atom. The number of nitrogens with two attached hydrogens (primary N) is 1. The first-order chi connectivity index (χ1) is 9.65. The fourth-order valence-corrected chi connectivity index (χ4v) is 2.77. The van der Waals surface area contributed by atoms with Gasteiger partial charge in [0.25, 0.3) is 0 Å². The molecule has 1 aliphatic rings. The average Bonchev–Trinajstić information content (AvgIpc) is 2.92. The van der Waals surface area contributed by atoms with Crippen LogP contribution in [0.4, 0.5) is 0 Å². The van der Waals surface area contributed by atoms with E-state index in [0.717, 1.165) is 18.7 Å². The molecule has 1 heterocycles. The van der Waals surface area contributed by atoms with Gasteiger partial charge in [-0.15, -0.1) is 0 Å². The Morgan fingerprint density at radius 2 is 2.15 bits per heavy atom. The monoisotopic (exact) mass is 275 g/mol. The van der Waals surface area contributed by atoms with Crippen LogP contribution < -0.4 is 11.1 Å². The van der Waals surface area contributed by atoms with Gasteiger partial charge in [0.15, 0.2) is 0 Å². The van der Waals surface area contributed by atoms with Crippen LogP contribution in [0.2, 0.25) is 0 Å². The molecule has 1 saturated heterocycles. The van der Waals surface area contributed by atoms with E-state index < -0.39 is 0 Å². The van der Waals surface area contributed by atoms with Gasteiger partial charge in [0.05, 0.1) is 0 Å². The van der Waals surface area contributed by atoms with Crippen molar-refractivity contribution in [2.75, 3.05) is 26.2 Å². The van der Waals surface area contributed by atoms with E-state index >= 15 is 0 Å². The normalized spacial score (nSPS) is 17.2. The highest BCUT2D eigenvalue weighted by Crippen LogP contribution is 2.10. The number of carbonyl (C=O) groups excluding carboxylic acids is 1. The Kier molecular flexibility index (Phi) is 5.56. The largest absolute Gasteiger partial charge is 0.366 e. The van der Waals surface area contributed by atoms with Gasteiger partial charge in [0.1, 0.15) is 0 Å². The molecule has 0 radical (unpaired) electrons. The van der Waals surface area contributed by atoms with Crippen LogP contribution in [-0.4, -0.2) is 37.0 Å². The predicted molar refractivity (Wildman–Crippen MR) is 81.5 cm³/mol. The van der Waals surface area contributed by atoms with Crippen molar-refractivity contribution in [3.8, 4) is 0 Å². The number of likely N-dealkylation sites (tertiary alicyclic amines) is 1. The van der Waals surface area contributed by atoms with E-state index in [2.05, 4.69) is 17.1 Å². The number of primary amides is 1. The van der Waals surface area contributed by atoms with Gasteiger partial charge < -0.3 is 16.0 Å². The van der Waals surface area contributed by atoms with Crippen molar-refractivity contribution >= 4 is 5.91 Å². The molecule has 0 saturated carbocycles. The number of nitrogens with zero attached hydrogens (tertiary/aromatic N) is 1. The summed E-state index contributed by atoms with van der Waals surface area (Å²) in [6.07, 6.45) is 2.69. The zero-order valence-corrected chi connectivity index (χ0v) is 12.3. The maximum atomic E-state index is 11.1. The molecule has 4 nitrogen and oxygen atoms in total. The highest BCUT2D eigenvalue weighted by atomic mass is 16.1. The van der Waals surface area contributed by atoms with Gasteiger partial charge in [-0.3, -0.25) is 4.79 Å². The topological polar surface area (TPSA) is 58.4 Å². The summed E-state index contributed by atoms with van der Waals surface area (Å²) in [6, 6.07) is 7.51. The van der Waals surface area contributed by atoms with Gasteiger partial charge in [-0.2, -0.15) is 0 Å². The summed E-state index contributed by atoms with van der Waals surface area (Å²) in [5.74, 6) is 0.279. The van der Waals surface area contributed by atoms with Crippen molar-refractivity contribution in [3.05, 3.63) is 35.4 Å². The maximum Gasteiger partial charge on any atom is 0.248 e. The predicted octanol–water partition coefficient (Wildman–Crippen LogP) is 1.61. The molecular formula is C16H25N3O. The lowest BCUT2D eigenvalue weighted by Crippen LogP contribution is -2.31. The first-order valence-electron chi connectivity index (χ1n) is 7.47. The van der Waals surface area contributed by atoms with E-state index in [-0.39, 0.29) is 5.91 Å². The molecule has 1 atom stereocenters.